The number of hydrogen-bond acceptors (Lipinski definition) is 4. The molecule has 0 rings (SSSR count). The quantitative estimate of drug-likeness (QED) is 0.398. The zero-order valence-electron chi connectivity index (χ0n) is 11.4. The van der Waals surface area contributed by atoms with Crippen molar-refractivity contribution < 1.29 is 23.1 Å². The number of urea groups is 1. The Hall–Kier alpha value is -1.35. The van der Waals surface area contributed by atoms with Gasteiger partial charge in [0.2, 0.25) is 10.0 Å². The third-order valence-electron chi connectivity index (χ3n) is 2.49. The Bertz CT molecular complexity index is 397. The second-order valence-electron chi connectivity index (χ2n) is 4.46. The highest BCUT2D eigenvalue weighted by Gasteiger charge is 2.03. The number of carboxylic acid groups (broad SMARTS) is 1. The van der Waals surface area contributed by atoms with E-state index in [-0.39, 0.29) is 31.2 Å². The summed E-state index contributed by atoms with van der Waals surface area (Å²) >= 11 is 0. The van der Waals surface area contributed by atoms with Crippen molar-refractivity contribution in [1.29, 1.82) is 0 Å². The van der Waals surface area contributed by atoms with E-state index in [1.165, 1.54) is 0 Å². The molecule has 0 radical (unpaired) electrons. The monoisotopic (exact) mass is 309 g/mol. The van der Waals surface area contributed by atoms with E-state index >= 15 is 0 Å². The summed E-state index contributed by atoms with van der Waals surface area (Å²) in [7, 11) is -3.47. The number of aliphatic carboxylic acids is 1. The van der Waals surface area contributed by atoms with E-state index in [1.54, 1.807) is 0 Å². The number of rotatable bonds is 11. The summed E-state index contributed by atoms with van der Waals surface area (Å²) in [4.78, 5) is 21.5. The van der Waals surface area contributed by atoms with E-state index in [0.717, 1.165) is 19.3 Å². The van der Waals surface area contributed by atoms with Crippen molar-refractivity contribution in [2.45, 2.75) is 38.5 Å². The number of carbonyl (C=O) groups excluding carboxylic acids is 1. The Kier molecular flexibility index (Phi) is 9.73. The molecule has 5 N–H and O–H groups in total. The molecule has 0 aliphatic rings. The summed E-state index contributed by atoms with van der Waals surface area (Å²) in [6, 6.07) is -0.343. The summed E-state index contributed by atoms with van der Waals surface area (Å²) in [6.07, 6.45) is 3.57. The van der Waals surface area contributed by atoms with E-state index in [2.05, 4.69) is 10.6 Å². The van der Waals surface area contributed by atoms with Gasteiger partial charge in [-0.2, -0.15) is 0 Å². The van der Waals surface area contributed by atoms with Crippen LogP contribution in [-0.2, 0) is 14.8 Å². The summed E-state index contributed by atoms with van der Waals surface area (Å²) in [5, 5.41) is 18.4. The van der Waals surface area contributed by atoms with Gasteiger partial charge in [-0.1, -0.05) is 12.8 Å². The predicted molar refractivity (Wildman–Crippen MR) is 74.7 cm³/mol. The Labute approximate surface area is 119 Å². The topological polar surface area (TPSA) is 139 Å². The number of nitrogens with two attached hydrogens (primary N) is 1. The average molecular weight is 309 g/mol. The summed E-state index contributed by atoms with van der Waals surface area (Å²) < 4.78 is 21.3. The van der Waals surface area contributed by atoms with Gasteiger partial charge in [0.05, 0.1) is 5.75 Å². The lowest BCUT2D eigenvalue weighted by atomic mass is 10.1. The number of unbranched alkanes of at least 4 members (excludes halogenated alkanes) is 3. The van der Waals surface area contributed by atoms with Crippen LogP contribution in [0.1, 0.15) is 38.5 Å². The van der Waals surface area contributed by atoms with E-state index in [1.807, 2.05) is 0 Å². The molecule has 0 unspecified atom stereocenters. The largest absolute Gasteiger partial charge is 0.481 e. The molecule has 2 amide bonds. The molecule has 0 fully saturated rings. The lowest BCUT2D eigenvalue weighted by Gasteiger charge is -2.07. The Morgan fingerprint density at radius 1 is 0.950 bits per heavy atom. The fourth-order valence-electron chi connectivity index (χ4n) is 1.49. The highest BCUT2D eigenvalue weighted by Crippen LogP contribution is 2.01. The normalized spacial score (nSPS) is 11.1. The Morgan fingerprint density at radius 3 is 2.05 bits per heavy atom. The predicted octanol–water partition coefficient (Wildman–Crippen LogP) is -0.000700. The maximum atomic E-state index is 11.3. The first-order chi connectivity index (χ1) is 9.31. The van der Waals surface area contributed by atoms with Gasteiger partial charge in [-0.05, 0) is 19.3 Å². The van der Waals surface area contributed by atoms with Crippen LogP contribution >= 0.6 is 0 Å². The van der Waals surface area contributed by atoms with Gasteiger partial charge in [0.15, 0.2) is 0 Å². The van der Waals surface area contributed by atoms with Crippen molar-refractivity contribution in [3.05, 3.63) is 0 Å². The maximum absolute atomic E-state index is 11.3. The fraction of sp³-hybridized carbons (Fsp3) is 0.818. The van der Waals surface area contributed by atoms with Crippen LogP contribution in [0.25, 0.3) is 0 Å². The molecule has 0 saturated carbocycles. The highest BCUT2D eigenvalue weighted by molar-refractivity contribution is 7.89. The lowest BCUT2D eigenvalue weighted by Crippen LogP contribution is -2.37. The summed E-state index contributed by atoms with van der Waals surface area (Å²) in [6.45, 7) is 0.759. The van der Waals surface area contributed by atoms with Gasteiger partial charge in [-0.3, -0.25) is 4.79 Å². The molecule has 20 heavy (non-hydrogen) atoms. The molecule has 0 saturated heterocycles. The number of hydrogen-bond donors (Lipinski definition) is 4. The van der Waals surface area contributed by atoms with Crippen LogP contribution in [0.4, 0.5) is 4.79 Å². The maximum Gasteiger partial charge on any atom is 0.314 e. The minimum absolute atomic E-state index is 0.156. The van der Waals surface area contributed by atoms with Gasteiger partial charge in [-0.15, -0.1) is 0 Å². The Morgan fingerprint density at radius 2 is 1.50 bits per heavy atom. The third-order valence-corrected chi connectivity index (χ3v) is 3.35. The zero-order chi connectivity index (χ0) is 15.4. The van der Waals surface area contributed by atoms with E-state index < -0.39 is 16.0 Å². The van der Waals surface area contributed by atoms with Gasteiger partial charge in [0.1, 0.15) is 0 Å². The van der Waals surface area contributed by atoms with Gasteiger partial charge in [0, 0.05) is 19.5 Å². The molecule has 9 heteroatoms. The number of carbonyl (C=O) groups is 2. The molecule has 0 aromatic rings. The number of sulfonamides is 1. The summed E-state index contributed by atoms with van der Waals surface area (Å²) in [5.74, 6) is -0.946. The molecular weight excluding hydrogens is 286 g/mol. The van der Waals surface area contributed by atoms with E-state index in [0.29, 0.717) is 13.0 Å². The molecule has 0 aromatic carbocycles. The molecular formula is C11H23N3O5S. The first-order valence-electron chi connectivity index (χ1n) is 6.55. The van der Waals surface area contributed by atoms with Crippen molar-refractivity contribution >= 4 is 22.0 Å². The van der Waals surface area contributed by atoms with Crippen LogP contribution in [-0.4, -0.2) is 44.4 Å². The molecule has 0 spiro atoms. The molecule has 0 bridgehead atoms. The van der Waals surface area contributed by atoms with Crippen LogP contribution in [0.5, 0.6) is 0 Å². The van der Waals surface area contributed by atoms with Gasteiger partial charge >= 0.3 is 12.0 Å². The number of nitrogens with one attached hydrogen (secondary N) is 2. The van der Waals surface area contributed by atoms with Crippen LogP contribution in [0, 0.1) is 0 Å². The SMILES string of the molecule is NS(=O)(=O)CCCNC(=O)NCCCCCCC(=O)O. The second kappa shape index (κ2) is 10.4. The van der Waals surface area contributed by atoms with Crippen LogP contribution < -0.4 is 15.8 Å². The van der Waals surface area contributed by atoms with Gasteiger partial charge < -0.3 is 15.7 Å². The molecule has 8 nitrogen and oxygen atoms in total. The standard InChI is InChI=1S/C11H23N3O5S/c12-20(18,19)9-5-8-14-11(17)13-7-4-2-1-3-6-10(15)16/h1-9H2,(H,15,16)(H2,12,18,19)(H2,13,14,17). The minimum Gasteiger partial charge on any atom is -0.481 e. The zero-order valence-corrected chi connectivity index (χ0v) is 12.2. The van der Waals surface area contributed by atoms with E-state index in [4.69, 9.17) is 10.2 Å². The minimum atomic E-state index is -3.47. The first kappa shape index (κ1) is 18.7. The van der Waals surface area contributed by atoms with Crippen molar-refractivity contribution in [2.24, 2.45) is 5.14 Å². The second-order valence-corrected chi connectivity index (χ2v) is 6.20. The van der Waals surface area contributed by atoms with E-state index in [9.17, 15) is 18.0 Å². The molecule has 0 heterocycles. The molecule has 118 valence electrons. The van der Waals surface area contributed by atoms with Crippen LogP contribution in [0.2, 0.25) is 0 Å². The number of carboxylic acids is 1. The highest BCUT2D eigenvalue weighted by atomic mass is 32.2. The van der Waals surface area contributed by atoms with Crippen molar-refractivity contribution in [1.82, 2.24) is 10.6 Å². The molecule has 0 aliphatic carbocycles. The fourth-order valence-corrected chi connectivity index (χ4v) is 2.04. The van der Waals surface area contributed by atoms with Crippen LogP contribution in [0.15, 0.2) is 0 Å². The Balaban J connectivity index is 3.35. The smallest absolute Gasteiger partial charge is 0.314 e. The summed E-state index contributed by atoms with van der Waals surface area (Å²) in [5.41, 5.74) is 0. The van der Waals surface area contributed by atoms with Crippen molar-refractivity contribution in [3.63, 3.8) is 0 Å². The van der Waals surface area contributed by atoms with Crippen LogP contribution in [0.3, 0.4) is 0 Å². The first-order valence-corrected chi connectivity index (χ1v) is 8.27. The molecule has 0 aliphatic heterocycles. The van der Waals surface area contributed by atoms with Gasteiger partial charge in [-0.25, -0.2) is 18.4 Å². The van der Waals surface area contributed by atoms with Crippen molar-refractivity contribution in [2.75, 3.05) is 18.8 Å². The lowest BCUT2D eigenvalue weighted by molar-refractivity contribution is -0.137. The molecule has 0 atom stereocenters. The average Bonchev–Trinajstić information content (AvgIpc) is 2.32. The third kappa shape index (κ3) is 14.7. The van der Waals surface area contributed by atoms with Crippen molar-refractivity contribution in [3.8, 4) is 0 Å². The number of primary sulfonamides is 1. The number of amides is 2. The molecule has 0 aromatic heterocycles. The van der Waals surface area contributed by atoms with Gasteiger partial charge in [0.25, 0.3) is 0 Å².